The molecular weight excluding hydrogens is 224 g/mol. The van der Waals surface area contributed by atoms with Crippen molar-refractivity contribution in [2.75, 3.05) is 13.2 Å². The number of hydrogen-bond donors (Lipinski definition) is 1. The number of ether oxygens (including phenoxy) is 1. The molecule has 0 aromatic heterocycles. The van der Waals surface area contributed by atoms with Gasteiger partial charge in [-0.15, -0.1) is 0 Å². The Balaban J connectivity index is 2.68. The highest BCUT2D eigenvalue weighted by atomic mass is 16.6. The van der Waals surface area contributed by atoms with Crippen LogP contribution in [-0.2, 0) is 4.74 Å². The molecule has 1 amide bonds. The minimum absolute atomic E-state index is 0.156. The van der Waals surface area contributed by atoms with E-state index in [1.165, 1.54) is 4.90 Å². The number of amides is 1. The van der Waals surface area contributed by atoms with Crippen LogP contribution in [0, 0.1) is 0 Å². The van der Waals surface area contributed by atoms with Gasteiger partial charge in [0.2, 0.25) is 0 Å². The maximum Gasteiger partial charge on any atom is 0.410 e. The average Bonchev–Trinajstić information content (AvgIpc) is 2.59. The summed E-state index contributed by atoms with van der Waals surface area (Å²) < 4.78 is 5.22. The molecule has 0 radical (unpaired) electrons. The van der Waals surface area contributed by atoms with Gasteiger partial charge in [-0.3, -0.25) is 0 Å². The summed E-state index contributed by atoms with van der Waals surface area (Å²) in [7, 11) is 0. The van der Waals surface area contributed by atoms with Crippen molar-refractivity contribution in [2.24, 2.45) is 5.11 Å². The van der Waals surface area contributed by atoms with Gasteiger partial charge in [0, 0.05) is 11.5 Å². The lowest BCUT2D eigenvalue weighted by Gasteiger charge is -2.27. The minimum atomic E-state index is -0.576. The Morgan fingerprint density at radius 2 is 2.29 bits per heavy atom. The number of rotatable bonds is 2. The monoisotopic (exact) mass is 242 g/mol. The lowest BCUT2D eigenvalue weighted by molar-refractivity contribution is 0.0175. The number of aliphatic hydroxyl groups is 1. The van der Waals surface area contributed by atoms with Crippen molar-refractivity contribution in [3.63, 3.8) is 0 Å². The third kappa shape index (κ3) is 3.80. The van der Waals surface area contributed by atoms with Crippen molar-refractivity contribution < 1.29 is 14.6 Å². The fraction of sp³-hybridized carbons (Fsp3) is 0.900. The van der Waals surface area contributed by atoms with Gasteiger partial charge in [0.05, 0.1) is 18.7 Å². The fourth-order valence-electron chi connectivity index (χ4n) is 1.77. The highest BCUT2D eigenvalue weighted by molar-refractivity contribution is 5.69. The molecule has 1 saturated heterocycles. The second-order valence-corrected chi connectivity index (χ2v) is 5.06. The van der Waals surface area contributed by atoms with Gasteiger partial charge >= 0.3 is 6.09 Å². The van der Waals surface area contributed by atoms with E-state index in [9.17, 15) is 9.90 Å². The molecule has 1 rings (SSSR count). The molecule has 1 fully saturated rings. The third-order valence-electron chi connectivity index (χ3n) is 2.45. The molecule has 2 atom stereocenters. The quantitative estimate of drug-likeness (QED) is 0.453. The molecule has 1 aliphatic heterocycles. The van der Waals surface area contributed by atoms with Crippen LogP contribution in [0.2, 0.25) is 0 Å². The van der Waals surface area contributed by atoms with E-state index in [1.807, 2.05) is 0 Å². The molecule has 0 aliphatic carbocycles. The summed E-state index contributed by atoms with van der Waals surface area (Å²) in [6.07, 6.45) is -0.00743. The van der Waals surface area contributed by atoms with Crippen LogP contribution >= 0.6 is 0 Å². The van der Waals surface area contributed by atoms with Crippen LogP contribution in [0.3, 0.4) is 0 Å². The number of hydrogen-bond acceptors (Lipinski definition) is 4. The first kappa shape index (κ1) is 13.6. The van der Waals surface area contributed by atoms with Crippen molar-refractivity contribution in [1.82, 2.24) is 4.90 Å². The summed E-state index contributed by atoms with van der Waals surface area (Å²) in [6.45, 7) is 5.47. The first-order chi connectivity index (χ1) is 7.87. The first-order valence-electron chi connectivity index (χ1n) is 5.52. The standard InChI is InChI=1S/C10H18N4O3/c1-10(2,3)17-9(16)14-5-7(12-13-11)4-8(14)6-15/h7-8,15H,4-6H2,1-3H3/t7-,8-/m1/s1. The summed E-state index contributed by atoms with van der Waals surface area (Å²) in [5, 5.41) is 12.8. The van der Waals surface area contributed by atoms with Gasteiger partial charge in [-0.2, -0.15) is 0 Å². The van der Waals surface area contributed by atoms with E-state index in [2.05, 4.69) is 10.0 Å². The predicted molar refractivity (Wildman–Crippen MR) is 61.4 cm³/mol. The summed E-state index contributed by atoms with van der Waals surface area (Å²) in [4.78, 5) is 16.0. The number of azide groups is 1. The smallest absolute Gasteiger partial charge is 0.410 e. The molecule has 1 aliphatic rings. The summed E-state index contributed by atoms with van der Waals surface area (Å²) >= 11 is 0. The minimum Gasteiger partial charge on any atom is -0.444 e. The van der Waals surface area contributed by atoms with E-state index in [4.69, 9.17) is 10.3 Å². The van der Waals surface area contributed by atoms with Crippen LogP contribution in [0.4, 0.5) is 4.79 Å². The lowest BCUT2D eigenvalue weighted by atomic mass is 10.2. The zero-order chi connectivity index (χ0) is 13.1. The maximum atomic E-state index is 11.8. The largest absolute Gasteiger partial charge is 0.444 e. The third-order valence-corrected chi connectivity index (χ3v) is 2.45. The number of likely N-dealkylation sites (tertiary alicyclic amines) is 1. The molecule has 1 N–H and O–H groups in total. The van der Waals surface area contributed by atoms with Crippen LogP contribution in [0.25, 0.3) is 10.4 Å². The Morgan fingerprint density at radius 3 is 2.76 bits per heavy atom. The van der Waals surface area contributed by atoms with E-state index >= 15 is 0 Å². The highest BCUT2D eigenvalue weighted by Gasteiger charge is 2.36. The Kier molecular flexibility index (Phi) is 4.20. The Labute approximate surface area is 100.0 Å². The Morgan fingerprint density at radius 1 is 1.65 bits per heavy atom. The van der Waals surface area contributed by atoms with Crippen LogP contribution in [0.15, 0.2) is 5.11 Å². The fourth-order valence-corrected chi connectivity index (χ4v) is 1.77. The van der Waals surface area contributed by atoms with Gasteiger partial charge in [-0.25, -0.2) is 4.79 Å². The van der Waals surface area contributed by atoms with E-state index < -0.39 is 11.7 Å². The zero-order valence-corrected chi connectivity index (χ0v) is 10.3. The average molecular weight is 242 g/mol. The highest BCUT2D eigenvalue weighted by Crippen LogP contribution is 2.22. The van der Waals surface area contributed by atoms with E-state index in [0.29, 0.717) is 13.0 Å². The predicted octanol–water partition coefficient (Wildman–Crippen LogP) is 1.67. The number of aliphatic hydroxyl groups excluding tert-OH is 1. The van der Waals surface area contributed by atoms with Crippen molar-refractivity contribution >= 4 is 6.09 Å². The van der Waals surface area contributed by atoms with Crippen molar-refractivity contribution in [3.8, 4) is 0 Å². The van der Waals surface area contributed by atoms with Gasteiger partial charge in [-0.05, 0) is 32.7 Å². The van der Waals surface area contributed by atoms with Crippen LogP contribution in [0.1, 0.15) is 27.2 Å². The van der Waals surface area contributed by atoms with Gasteiger partial charge in [0.15, 0.2) is 0 Å². The SMILES string of the molecule is CC(C)(C)OC(=O)N1C[C@H](N=[N+]=[N-])C[C@@H]1CO. The Hall–Kier alpha value is -1.46. The van der Waals surface area contributed by atoms with Gasteiger partial charge in [-0.1, -0.05) is 5.11 Å². The second-order valence-electron chi connectivity index (χ2n) is 5.06. The number of nitrogens with zero attached hydrogens (tertiary/aromatic N) is 4. The van der Waals surface area contributed by atoms with E-state index in [-0.39, 0.29) is 18.7 Å². The van der Waals surface area contributed by atoms with Crippen molar-refractivity contribution in [2.45, 2.75) is 44.9 Å². The number of carbonyl (C=O) groups excluding carboxylic acids is 1. The van der Waals surface area contributed by atoms with Crippen LogP contribution < -0.4 is 0 Å². The molecule has 0 bridgehead atoms. The summed E-state index contributed by atoms with van der Waals surface area (Å²) in [5.41, 5.74) is 7.78. The Bertz CT molecular complexity index is 333. The van der Waals surface area contributed by atoms with E-state index in [0.717, 1.165) is 0 Å². The second kappa shape index (κ2) is 5.25. The molecule has 0 aromatic rings. The molecular formula is C10H18N4O3. The normalized spacial score (nSPS) is 24.4. The van der Waals surface area contributed by atoms with E-state index in [1.54, 1.807) is 20.8 Å². The zero-order valence-electron chi connectivity index (χ0n) is 10.3. The maximum absolute atomic E-state index is 11.8. The van der Waals surface area contributed by atoms with Crippen molar-refractivity contribution in [1.29, 1.82) is 0 Å². The molecule has 0 spiro atoms. The summed E-state index contributed by atoms with van der Waals surface area (Å²) in [5.74, 6) is 0. The van der Waals surface area contributed by atoms with Crippen LogP contribution in [0.5, 0.6) is 0 Å². The molecule has 96 valence electrons. The molecule has 1 heterocycles. The molecule has 0 unspecified atom stereocenters. The van der Waals surface area contributed by atoms with Gasteiger partial charge in [0.25, 0.3) is 0 Å². The van der Waals surface area contributed by atoms with Gasteiger partial charge < -0.3 is 14.7 Å². The van der Waals surface area contributed by atoms with Crippen molar-refractivity contribution in [3.05, 3.63) is 10.4 Å². The van der Waals surface area contributed by atoms with Gasteiger partial charge in [0.1, 0.15) is 5.60 Å². The molecule has 0 saturated carbocycles. The topological polar surface area (TPSA) is 98.5 Å². The molecule has 0 aromatic carbocycles. The lowest BCUT2D eigenvalue weighted by Crippen LogP contribution is -2.41. The molecule has 7 nitrogen and oxygen atoms in total. The number of carbonyl (C=O) groups is 1. The first-order valence-corrected chi connectivity index (χ1v) is 5.52. The molecule has 17 heavy (non-hydrogen) atoms. The molecule has 7 heteroatoms. The van der Waals surface area contributed by atoms with Crippen LogP contribution in [-0.4, -0.2) is 46.9 Å². The summed E-state index contributed by atoms with van der Waals surface area (Å²) in [6, 6.07) is -0.620.